The van der Waals surface area contributed by atoms with E-state index in [-0.39, 0.29) is 5.88 Å². The molecule has 0 saturated carbocycles. The molecule has 12 heavy (non-hydrogen) atoms. The molecule has 0 aliphatic carbocycles. The Bertz CT molecular complexity index is 263. The summed E-state index contributed by atoms with van der Waals surface area (Å²) in [5.41, 5.74) is 0.904. The molecular weight excluding hydrogens is 174 g/mol. The fourth-order valence-corrected chi connectivity index (χ4v) is 1.38. The SMILES string of the molecule is CN(CS(=O)[O-])c1ccccc1. The smallest absolute Gasteiger partial charge is 0.0802 e. The first-order valence-corrected chi connectivity index (χ1v) is 4.76. The second-order valence-corrected chi connectivity index (χ2v) is 3.33. The van der Waals surface area contributed by atoms with Gasteiger partial charge in [0.2, 0.25) is 0 Å². The molecule has 4 heteroatoms. The summed E-state index contributed by atoms with van der Waals surface area (Å²) >= 11 is -2.02. The lowest BCUT2D eigenvalue weighted by Crippen LogP contribution is -2.21. The van der Waals surface area contributed by atoms with Crippen LogP contribution < -0.4 is 4.90 Å². The van der Waals surface area contributed by atoms with E-state index in [2.05, 4.69) is 0 Å². The van der Waals surface area contributed by atoms with Gasteiger partial charge in [0.05, 0.1) is 5.88 Å². The van der Waals surface area contributed by atoms with E-state index in [9.17, 15) is 8.76 Å². The van der Waals surface area contributed by atoms with Gasteiger partial charge in [-0.25, -0.2) is 0 Å². The van der Waals surface area contributed by atoms with E-state index in [1.54, 1.807) is 11.9 Å². The van der Waals surface area contributed by atoms with Gasteiger partial charge in [-0.05, 0) is 23.2 Å². The quantitative estimate of drug-likeness (QED) is 0.657. The molecule has 0 N–H and O–H groups in total. The minimum atomic E-state index is -2.02. The Labute approximate surface area is 74.3 Å². The molecule has 0 amide bonds. The van der Waals surface area contributed by atoms with E-state index in [4.69, 9.17) is 0 Å². The van der Waals surface area contributed by atoms with E-state index in [1.807, 2.05) is 30.3 Å². The van der Waals surface area contributed by atoms with Crippen LogP contribution in [0.25, 0.3) is 0 Å². The van der Waals surface area contributed by atoms with E-state index in [1.165, 1.54) is 0 Å². The first kappa shape index (κ1) is 9.22. The first-order valence-electron chi connectivity index (χ1n) is 3.52. The Morgan fingerprint density at radius 1 is 1.42 bits per heavy atom. The highest BCUT2D eigenvalue weighted by molar-refractivity contribution is 7.79. The van der Waals surface area contributed by atoms with Gasteiger partial charge in [0.25, 0.3) is 0 Å². The molecule has 1 unspecified atom stereocenters. The summed E-state index contributed by atoms with van der Waals surface area (Å²) in [7, 11) is 1.74. The zero-order valence-corrected chi connectivity index (χ0v) is 7.58. The van der Waals surface area contributed by atoms with Gasteiger partial charge in [0, 0.05) is 12.7 Å². The number of hydrogen-bond acceptors (Lipinski definition) is 3. The summed E-state index contributed by atoms with van der Waals surface area (Å²) in [6, 6.07) is 9.38. The number of para-hydroxylation sites is 1. The van der Waals surface area contributed by atoms with Gasteiger partial charge < -0.3 is 9.45 Å². The second-order valence-electron chi connectivity index (χ2n) is 2.47. The molecule has 0 fully saturated rings. The van der Waals surface area contributed by atoms with Crippen molar-refractivity contribution < 1.29 is 8.76 Å². The zero-order valence-electron chi connectivity index (χ0n) is 6.77. The van der Waals surface area contributed by atoms with E-state index in [0.29, 0.717) is 0 Å². The van der Waals surface area contributed by atoms with Crippen molar-refractivity contribution >= 4 is 16.8 Å². The van der Waals surface area contributed by atoms with Crippen LogP contribution in [0.15, 0.2) is 30.3 Å². The highest BCUT2D eigenvalue weighted by Crippen LogP contribution is 2.10. The van der Waals surface area contributed by atoms with Crippen LogP contribution in [0.1, 0.15) is 0 Å². The molecule has 1 atom stereocenters. The average Bonchev–Trinajstić information content (AvgIpc) is 2.05. The van der Waals surface area contributed by atoms with E-state index >= 15 is 0 Å². The standard InChI is InChI=1S/C8H11NO2S/c1-9(7-12(10)11)8-5-3-2-4-6-8/h2-6H,7H2,1H3,(H,10,11)/p-1. The van der Waals surface area contributed by atoms with Crippen molar-refractivity contribution in [2.24, 2.45) is 0 Å². The molecule has 0 bridgehead atoms. The van der Waals surface area contributed by atoms with Crippen molar-refractivity contribution in [2.75, 3.05) is 17.8 Å². The third-order valence-corrected chi connectivity index (χ3v) is 2.09. The molecule has 0 heterocycles. The van der Waals surface area contributed by atoms with E-state index < -0.39 is 11.1 Å². The predicted molar refractivity (Wildman–Crippen MR) is 48.6 cm³/mol. The predicted octanol–water partition coefficient (Wildman–Crippen LogP) is 0.959. The summed E-state index contributed by atoms with van der Waals surface area (Å²) in [6.45, 7) is 0. The highest BCUT2D eigenvalue weighted by Gasteiger charge is 1.97. The van der Waals surface area contributed by atoms with Crippen molar-refractivity contribution in [1.29, 1.82) is 0 Å². The van der Waals surface area contributed by atoms with Crippen LogP contribution in [-0.4, -0.2) is 21.7 Å². The van der Waals surface area contributed by atoms with Crippen molar-refractivity contribution in [3.05, 3.63) is 30.3 Å². The number of hydrogen-bond donors (Lipinski definition) is 0. The number of anilines is 1. The van der Waals surface area contributed by atoms with Crippen LogP contribution in [0.2, 0.25) is 0 Å². The lowest BCUT2D eigenvalue weighted by atomic mass is 10.3. The first-order chi connectivity index (χ1) is 5.70. The maximum absolute atomic E-state index is 10.3. The normalized spacial score (nSPS) is 12.5. The van der Waals surface area contributed by atoms with Crippen molar-refractivity contribution in [1.82, 2.24) is 0 Å². The molecular formula is C8H10NO2S-. The maximum Gasteiger partial charge on any atom is 0.0802 e. The molecule has 0 radical (unpaired) electrons. The molecule has 1 aromatic rings. The summed E-state index contributed by atoms with van der Waals surface area (Å²) in [5.74, 6) is 0.0318. The van der Waals surface area contributed by atoms with Crippen LogP contribution >= 0.6 is 0 Å². The molecule has 0 spiro atoms. The third-order valence-electron chi connectivity index (χ3n) is 1.50. The summed E-state index contributed by atoms with van der Waals surface area (Å²) in [4.78, 5) is 1.67. The largest absolute Gasteiger partial charge is 0.771 e. The number of benzene rings is 1. The van der Waals surface area contributed by atoms with Gasteiger partial charge in [0.1, 0.15) is 0 Å². The number of rotatable bonds is 3. The molecule has 0 saturated heterocycles. The van der Waals surface area contributed by atoms with Gasteiger partial charge in [0.15, 0.2) is 0 Å². The van der Waals surface area contributed by atoms with Gasteiger partial charge in [-0.1, -0.05) is 18.2 Å². The maximum atomic E-state index is 10.3. The van der Waals surface area contributed by atoms with Crippen molar-refractivity contribution in [2.45, 2.75) is 0 Å². The lowest BCUT2D eigenvalue weighted by Gasteiger charge is -2.20. The average molecular weight is 184 g/mol. The molecule has 0 aliphatic heterocycles. The Morgan fingerprint density at radius 2 is 2.00 bits per heavy atom. The summed E-state index contributed by atoms with van der Waals surface area (Å²) in [6.07, 6.45) is 0. The molecule has 1 aromatic carbocycles. The van der Waals surface area contributed by atoms with Gasteiger partial charge >= 0.3 is 0 Å². The molecule has 66 valence electrons. The highest BCUT2D eigenvalue weighted by atomic mass is 32.2. The van der Waals surface area contributed by atoms with Crippen LogP contribution in [0.5, 0.6) is 0 Å². The molecule has 0 aliphatic rings. The van der Waals surface area contributed by atoms with Gasteiger partial charge in [-0.2, -0.15) is 0 Å². The van der Waals surface area contributed by atoms with Gasteiger partial charge in [-0.3, -0.25) is 4.21 Å². The zero-order chi connectivity index (χ0) is 8.97. The van der Waals surface area contributed by atoms with Crippen LogP contribution in [0.4, 0.5) is 5.69 Å². The molecule has 1 rings (SSSR count). The minimum absolute atomic E-state index is 0.0318. The van der Waals surface area contributed by atoms with Crippen LogP contribution in [-0.2, 0) is 11.1 Å². The Kier molecular flexibility index (Phi) is 3.25. The fraction of sp³-hybridized carbons (Fsp3) is 0.250. The monoisotopic (exact) mass is 184 g/mol. The van der Waals surface area contributed by atoms with Crippen molar-refractivity contribution in [3.63, 3.8) is 0 Å². The topological polar surface area (TPSA) is 43.4 Å². The second kappa shape index (κ2) is 4.23. The van der Waals surface area contributed by atoms with Crippen molar-refractivity contribution in [3.8, 4) is 0 Å². The fourth-order valence-electron chi connectivity index (χ4n) is 0.915. The Hall–Kier alpha value is -0.870. The van der Waals surface area contributed by atoms with Crippen LogP contribution in [0, 0.1) is 0 Å². The summed E-state index contributed by atoms with van der Waals surface area (Å²) < 4.78 is 20.7. The van der Waals surface area contributed by atoms with Gasteiger partial charge in [-0.15, -0.1) is 0 Å². The van der Waals surface area contributed by atoms with Crippen LogP contribution in [0.3, 0.4) is 0 Å². The third kappa shape index (κ3) is 2.64. The number of nitrogens with zero attached hydrogens (tertiary/aromatic N) is 1. The minimum Gasteiger partial charge on any atom is -0.771 e. The summed E-state index contributed by atoms with van der Waals surface area (Å²) in [5, 5.41) is 0. The molecule has 0 aromatic heterocycles. The lowest BCUT2D eigenvalue weighted by molar-refractivity contribution is 0.536. The molecule has 3 nitrogen and oxygen atoms in total. The Balaban J connectivity index is 2.65. The Morgan fingerprint density at radius 3 is 2.50 bits per heavy atom. The van der Waals surface area contributed by atoms with E-state index in [0.717, 1.165) is 5.69 Å².